The molecule has 0 spiro atoms. The molecule has 2 rings (SSSR count). The number of carbonyl (C=O) groups excluding carboxylic acids is 3. The van der Waals surface area contributed by atoms with Gasteiger partial charge in [-0.3, -0.25) is 4.79 Å². The smallest absolute Gasteiger partial charge is 0.408 e. The summed E-state index contributed by atoms with van der Waals surface area (Å²) in [5, 5.41) is 5.28. The van der Waals surface area contributed by atoms with Crippen molar-refractivity contribution in [3.63, 3.8) is 0 Å². The lowest BCUT2D eigenvalue weighted by molar-refractivity contribution is -0.146. The SMILES string of the molecule is COC(=O)[C@H](Cc1ccccc1)NC(=O)[C@@H](NC(=O)OCc1ccccc1)[C@H](C)OC(C)(C)C. The Labute approximate surface area is 201 Å². The van der Waals surface area contributed by atoms with Crippen molar-refractivity contribution >= 4 is 18.0 Å². The number of esters is 1. The van der Waals surface area contributed by atoms with E-state index in [4.69, 9.17) is 14.2 Å². The van der Waals surface area contributed by atoms with Gasteiger partial charge in [0.2, 0.25) is 5.91 Å². The van der Waals surface area contributed by atoms with Crippen LogP contribution in [0, 0.1) is 0 Å². The zero-order valence-electron chi connectivity index (χ0n) is 20.4. The Morgan fingerprint density at radius 2 is 1.44 bits per heavy atom. The molecule has 34 heavy (non-hydrogen) atoms. The summed E-state index contributed by atoms with van der Waals surface area (Å²) in [6.07, 6.45) is -1.25. The molecule has 8 heteroatoms. The second kappa shape index (κ2) is 12.7. The molecule has 8 nitrogen and oxygen atoms in total. The first kappa shape index (κ1) is 26.9. The maximum Gasteiger partial charge on any atom is 0.408 e. The van der Waals surface area contributed by atoms with Crippen LogP contribution in [0.15, 0.2) is 60.7 Å². The van der Waals surface area contributed by atoms with Crippen LogP contribution in [0.5, 0.6) is 0 Å². The van der Waals surface area contributed by atoms with Crippen molar-refractivity contribution in [1.82, 2.24) is 10.6 Å². The van der Waals surface area contributed by atoms with Crippen LogP contribution in [0.1, 0.15) is 38.8 Å². The monoisotopic (exact) mass is 470 g/mol. The molecule has 0 bridgehead atoms. The van der Waals surface area contributed by atoms with Gasteiger partial charge < -0.3 is 24.8 Å². The van der Waals surface area contributed by atoms with E-state index < -0.39 is 41.8 Å². The lowest BCUT2D eigenvalue weighted by atomic mass is 10.0. The van der Waals surface area contributed by atoms with Gasteiger partial charge in [0, 0.05) is 6.42 Å². The van der Waals surface area contributed by atoms with Gasteiger partial charge >= 0.3 is 12.1 Å². The van der Waals surface area contributed by atoms with Crippen LogP contribution >= 0.6 is 0 Å². The quantitative estimate of drug-likeness (QED) is 0.516. The number of ether oxygens (including phenoxy) is 3. The molecule has 0 radical (unpaired) electrons. The maximum absolute atomic E-state index is 13.2. The lowest BCUT2D eigenvalue weighted by Gasteiger charge is -2.31. The standard InChI is InChI=1S/C26H34N2O6/c1-18(34-26(2,3)4)22(28-25(31)33-17-20-14-10-7-11-15-20)23(29)27-21(24(30)32-5)16-19-12-8-6-9-13-19/h6-15,18,21-22H,16-17H2,1-5H3,(H,27,29)(H,28,31)/t18-,21-,22-/m0/s1. The molecular formula is C26H34N2O6. The fraction of sp³-hybridized carbons (Fsp3) is 0.423. The predicted molar refractivity (Wildman–Crippen MR) is 128 cm³/mol. The van der Waals surface area contributed by atoms with Crippen molar-refractivity contribution in [2.75, 3.05) is 7.11 Å². The number of rotatable bonds is 10. The first-order valence-corrected chi connectivity index (χ1v) is 11.2. The van der Waals surface area contributed by atoms with Crippen molar-refractivity contribution in [2.45, 2.75) is 64.5 Å². The zero-order chi connectivity index (χ0) is 25.1. The molecular weight excluding hydrogens is 436 g/mol. The number of amides is 2. The van der Waals surface area contributed by atoms with Gasteiger partial charge in [0.15, 0.2) is 0 Å². The Hall–Kier alpha value is -3.39. The molecule has 0 fully saturated rings. The number of carbonyl (C=O) groups is 3. The number of methoxy groups -OCH3 is 1. The van der Waals surface area contributed by atoms with Crippen molar-refractivity contribution < 1.29 is 28.6 Å². The highest BCUT2D eigenvalue weighted by Gasteiger charge is 2.34. The van der Waals surface area contributed by atoms with E-state index in [1.165, 1.54) is 7.11 Å². The Kier molecular flexibility index (Phi) is 10.1. The van der Waals surface area contributed by atoms with Gasteiger partial charge in [0.1, 0.15) is 18.7 Å². The van der Waals surface area contributed by atoms with Gasteiger partial charge in [0.05, 0.1) is 18.8 Å². The minimum absolute atomic E-state index is 0.0499. The maximum atomic E-state index is 13.2. The molecule has 184 valence electrons. The minimum Gasteiger partial charge on any atom is -0.467 e. The molecule has 2 aromatic carbocycles. The summed E-state index contributed by atoms with van der Waals surface area (Å²) in [5.41, 5.74) is 1.09. The van der Waals surface area contributed by atoms with Crippen LogP contribution < -0.4 is 10.6 Å². The van der Waals surface area contributed by atoms with Crippen LogP contribution in [0.4, 0.5) is 4.79 Å². The zero-order valence-corrected chi connectivity index (χ0v) is 20.4. The van der Waals surface area contributed by atoms with E-state index in [-0.39, 0.29) is 13.0 Å². The van der Waals surface area contributed by atoms with E-state index >= 15 is 0 Å². The van der Waals surface area contributed by atoms with E-state index in [0.717, 1.165) is 11.1 Å². The number of benzene rings is 2. The molecule has 0 unspecified atom stereocenters. The summed E-state index contributed by atoms with van der Waals surface area (Å²) in [5.74, 6) is -1.17. The third-order valence-corrected chi connectivity index (χ3v) is 4.86. The topological polar surface area (TPSA) is 103 Å². The highest BCUT2D eigenvalue weighted by molar-refractivity contribution is 5.90. The van der Waals surface area contributed by atoms with E-state index in [2.05, 4.69) is 10.6 Å². The molecule has 0 aliphatic heterocycles. The number of hydrogen-bond donors (Lipinski definition) is 2. The molecule has 0 saturated carbocycles. The molecule has 0 aliphatic carbocycles. The first-order valence-electron chi connectivity index (χ1n) is 11.2. The van der Waals surface area contributed by atoms with Crippen molar-refractivity contribution in [1.29, 1.82) is 0 Å². The summed E-state index contributed by atoms with van der Waals surface area (Å²) in [7, 11) is 1.26. The molecule has 2 amide bonds. The van der Waals surface area contributed by atoms with Gasteiger partial charge in [-0.25, -0.2) is 9.59 Å². The molecule has 2 aromatic rings. The van der Waals surface area contributed by atoms with Gasteiger partial charge in [-0.05, 0) is 38.8 Å². The van der Waals surface area contributed by atoms with Crippen LogP contribution in [0.2, 0.25) is 0 Å². The van der Waals surface area contributed by atoms with Gasteiger partial charge in [-0.1, -0.05) is 60.7 Å². The summed E-state index contributed by atoms with van der Waals surface area (Å²) >= 11 is 0. The number of nitrogens with one attached hydrogen (secondary N) is 2. The van der Waals surface area contributed by atoms with Crippen molar-refractivity contribution in [3.8, 4) is 0 Å². The molecule has 0 aliphatic rings. The Morgan fingerprint density at radius 1 is 0.882 bits per heavy atom. The largest absolute Gasteiger partial charge is 0.467 e. The second-order valence-electron chi connectivity index (χ2n) is 8.89. The highest BCUT2D eigenvalue weighted by atomic mass is 16.6. The van der Waals surface area contributed by atoms with Crippen LogP contribution in [-0.4, -0.2) is 48.9 Å². The summed E-state index contributed by atoms with van der Waals surface area (Å²) in [6, 6.07) is 16.4. The normalized spacial score (nSPS) is 13.8. The molecule has 0 saturated heterocycles. The highest BCUT2D eigenvalue weighted by Crippen LogP contribution is 2.14. The second-order valence-corrected chi connectivity index (χ2v) is 8.89. The van der Waals surface area contributed by atoms with Gasteiger partial charge in [-0.2, -0.15) is 0 Å². The van der Waals surface area contributed by atoms with Crippen molar-refractivity contribution in [2.24, 2.45) is 0 Å². The molecule has 0 aromatic heterocycles. The molecule has 3 atom stereocenters. The summed E-state index contributed by atoms with van der Waals surface area (Å²) < 4.78 is 16.1. The molecule has 2 N–H and O–H groups in total. The van der Waals surface area contributed by atoms with E-state index in [1.807, 2.05) is 81.4 Å². The Morgan fingerprint density at radius 3 is 1.97 bits per heavy atom. The average molecular weight is 471 g/mol. The fourth-order valence-corrected chi connectivity index (χ4v) is 3.36. The van der Waals surface area contributed by atoms with E-state index in [9.17, 15) is 14.4 Å². The first-order chi connectivity index (χ1) is 16.1. The number of hydrogen-bond acceptors (Lipinski definition) is 6. The van der Waals surface area contributed by atoms with E-state index in [1.54, 1.807) is 6.92 Å². The third-order valence-electron chi connectivity index (χ3n) is 4.86. The van der Waals surface area contributed by atoms with E-state index in [0.29, 0.717) is 0 Å². The minimum atomic E-state index is -1.11. The van der Waals surface area contributed by atoms with Gasteiger partial charge in [-0.15, -0.1) is 0 Å². The average Bonchev–Trinajstić information content (AvgIpc) is 2.80. The number of alkyl carbamates (subject to hydrolysis) is 1. The lowest BCUT2D eigenvalue weighted by Crippen LogP contribution is -2.57. The van der Waals surface area contributed by atoms with Crippen LogP contribution in [0.3, 0.4) is 0 Å². The van der Waals surface area contributed by atoms with Crippen LogP contribution in [0.25, 0.3) is 0 Å². The predicted octanol–water partition coefficient (Wildman–Crippen LogP) is 3.39. The van der Waals surface area contributed by atoms with Gasteiger partial charge in [0.25, 0.3) is 0 Å². The Balaban J connectivity index is 2.13. The summed E-state index contributed by atoms with van der Waals surface area (Å²) in [4.78, 5) is 38.1. The Bertz CT molecular complexity index is 927. The van der Waals surface area contributed by atoms with Crippen molar-refractivity contribution in [3.05, 3.63) is 71.8 Å². The van der Waals surface area contributed by atoms with Crippen LogP contribution in [-0.2, 0) is 36.8 Å². The third kappa shape index (κ3) is 9.23. The summed E-state index contributed by atoms with van der Waals surface area (Å²) in [6.45, 7) is 7.27. The fourth-order valence-electron chi connectivity index (χ4n) is 3.36. The molecule has 0 heterocycles.